The standard InChI is InChI=1S/C18H28N2O3S/c1-16-9-12-19(13-16)24(22,23)20(14-17-7-3-2-4-8-17)15-18(21)10-5-6-11-18/h2-4,7-8,16,21H,5-6,9-15H2,1H3. The highest BCUT2D eigenvalue weighted by atomic mass is 32.2. The lowest BCUT2D eigenvalue weighted by atomic mass is 10.0. The Hall–Kier alpha value is -0.950. The average Bonchev–Trinajstić information content (AvgIpc) is 3.17. The number of hydrogen-bond donors (Lipinski definition) is 1. The first-order valence-corrected chi connectivity index (χ1v) is 10.3. The van der Waals surface area contributed by atoms with E-state index in [0.29, 0.717) is 38.4 Å². The van der Waals surface area contributed by atoms with Gasteiger partial charge in [-0.3, -0.25) is 0 Å². The molecule has 1 N–H and O–H groups in total. The summed E-state index contributed by atoms with van der Waals surface area (Å²) in [5, 5.41) is 10.8. The predicted molar refractivity (Wildman–Crippen MR) is 94.5 cm³/mol. The Kier molecular flexibility index (Phi) is 5.30. The summed E-state index contributed by atoms with van der Waals surface area (Å²) in [6.45, 7) is 3.74. The number of nitrogens with zero attached hydrogens (tertiary/aromatic N) is 2. The van der Waals surface area contributed by atoms with E-state index in [2.05, 4.69) is 6.92 Å². The molecule has 0 radical (unpaired) electrons. The average molecular weight is 353 g/mol. The molecule has 6 heteroatoms. The molecule has 1 aliphatic heterocycles. The Balaban J connectivity index is 1.83. The van der Waals surface area contributed by atoms with Crippen LogP contribution in [-0.4, -0.2) is 47.4 Å². The Morgan fingerprint density at radius 3 is 2.50 bits per heavy atom. The van der Waals surface area contributed by atoms with Gasteiger partial charge in [0, 0.05) is 26.2 Å². The Morgan fingerprint density at radius 2 is 1.92 bits per heavy atom. The van der Waals surface area contributed by atoms with E-state index in [0.717, 1.165) is 24.8 Å². The van der Waals surface area contributed by atoms with E-state index in [1.54, 1.807) is 4.31 Å². The summed E-state index contributed by atoms with van der Waals surface area (Å²) in [6, 6.07) is 9.64. The van der Waals surface area contributed by atoms with Crippen LogP contribution in [-0.2, 0) is 16.8 Å². The maximum atomic E-state index is 13.2. The third-order valence-corrected chi connectivity index (χ3v) is 7.14. The summed E-state index contributed by atoms with van der Waals surface area (Å²) in [5.74, 6) is 0.396. The van der Waals surface area contributed by atoms with Crippen LogP contribution in [0.2, 0.25) is 0 Å². The van der Waals surface area contributed by atoms with Gasteiger partial charge in [0.1, 0.15) is 0 Å². The number of aliphatic hydroxyl groups is 1. The van der Waals surface area contributed by atoms with E-state index >= 15 is 0 Å². The van der Waals surface area contributed by atoms with Crippen molar-refractivity contribution in [3.63, 3.8) is 0 Å². The van der Waals surface area contributed by atoms with E-state index in [1.165, 1.54) is 4.31 Å². The summed E-state index contributed by atoms with van der Waals surface area (Å²) in [7, 11) is -3.55. The van der Waals surface area contributed by atoms with Crippen LogP contribution in [0.15, 0.2) is 30.3 Å². The van der Waals surface area contributed by atoms with E-state index < -0.39 is 15.8 Å². The number of hydrogen-bond acceptors (Lipinski definition) is 3. The molecule has 1 unspecified atom stereocenters. The second kappa shape index (κ2) is 7.12. The number of benzene rings is 1. The van der Waals surface area contributed by atoms with Crippen molar-refractivity contribution >= 4 is 10.2 Å². The summed E-state index contributed by atoms with van der Waals surface area (Å²) >= 11 is 0. The minimum absolute atomic E-state index is 0.190. The molecular weight excluding hydrogens is 324 g/mol. The van der Waals surface area contributed by atoms with Crippen LogP contribution in [0.4, 0.5) is 0 Å². The molecule has 1 aromatic rings. The molecule has 24 heavy (non-hydrogen) atoms. The fraction of sp³-hybridized carbons (Fsp3) is 0.667. The fourth-order valence-electron chi connectivity index (χ4n) is 3.79. The first kappa shape index (κ1) is 17.9. The number of rotatable bonds is 6. The van der Waals surface area contributed by atoms with Gasteiger partial charge in [0.15, 0.2) is 0 Å². The molecule has 1 heterocycles. The SMILES string of the molecule is CC1CCN(S(=O)(=O)N(Cc2ccccc2)CC2(O)CCCC2)C1. The van der Waals surface area contributed by atoms with E-state index in [1.807, 2.05) is 30.3 Å². The Bertz CT molecular complexity index is 641. The monoisotopic (exact) mass is 352 g/mol. The van der Waals surface area contributed by atoms with Crippen molar-refractivity contribution in [2.45, 2.75) is 51.2 Å². The van der Waals surface area contributed by atoms with Crippen LogP contribution in [0.25, 0.3) is 0 Å². The fourth-order valence-corrected chi connectivity index (χ4v) is 5.61. The molecular formula is C18H28N2O3S. The maximum absolute atomic E-state index is 13.2. The highest BCUT2D eigenvalue weighted by Crippen LogP contribution is 2.32. The normalized spacial score (nSPS) is 24.7. The molecule has 1 aliphatic carbocycles. The molecule has 2 aliphatic rings. The van der Waals surface area contributed by atoms with Crippen LogP contribution < -0.4 is 0 Å². The van der Waals surface area contributed by atoms with Crippen LogP contribution in [0.5, 0.6) is 0 Å². The second-order valence-corrected chi connectivity index (χ2v) is 9.37. The summed E-state index contributed by atoms with van der Waals surface area (Å²) in [6.07, 6.45) is 4.21. The minimum Gasteiger partial charge on any atom is -0.389 e. The minimum atomic E-state index is -3.55. The summed E-state index contributed by atoms with van der Waals surface area (Å²) in [4.78, 5) is 0. The first-order chi connectivity index (χ1) is 11.4. The lowest BCUT2D eigenvalue weighted by Crippen LogP contribution is -2.49. The zero-order valence-electron chi connectivity index (χ0n) is 14.4. The molecule has 1 saturated carbocycles. The third-order valence-electron chi connectivity index (χ3n) is 5.25. The van der Waals surface area contributed by atoms with Crippen molar-refractivity contribution in [2.75, 3.05) is 19.6 Å². The molecule has 3 rings (SSSR count). The first-order valence-electron chi connectivity index (χ1n) is 8.91. The van der Waals surface area contributed by atoms with Gasteiger partial charge < -0.3 is 5.11 Å². The van der Waals surface area contributed by atoms with Crippen molar-refractivity contribution < 1.29 is 13.5 Å². The van der Waals surface area contributed by atoms with Crippen LogP contribution >= 0.6 is 0 Å². The largest absolute Gasteiger partial charge is 0.389 e. The quantitative estimate of drug-likeness (QED) is 0.855. The third kappa shape index (κ3) is 3.99. The lowest BCUT2D eigenvalue weighted by molar-refractivity contribution is 0.0266. The molecule has 5 nitrogen and oxygen atoms in total. The van der Waals surface area contributed by atoms with E-state index in [4.69, 9.17) is 0 Å². The zero-order chi connectivity index (χ0) is 17.2. The molecule has 1 atom stereocenters. The van der Waals surface area contributed by atoms with Gasteiger partial charge in [-0.2, -0.15) is 17.0 Å². The maximum Gasteiger partial charge on any atom is 0.282 e. The Morgan fingerprint density at radius 1 is 1.25 bits per heavy atom. The van der Waals surface area contributed by atoms with Crippen molar-refractivity contribution in [1.29, 1.82) is 0 Å². The molecule has 2 fully saturated rings. The Labute approximate surface area is 145 Å². The molecule has 1 aromatic carbocycles. The highest BCUT2D eigenvalue weighted by Gasteiger charge is 2.40. The van der Waals surface area contributed by atoms with Crippen molar-refractivity contribution in [2.24, 2.45) is 5.92 Å². The molecule has 134 valence electrons. The molecule has 1 saturated heterocycles. The lowest BCUT2D eigenvalue weighted by Gasteiger charge is -2.33. The predicted octanol–water partition coefficient (Wildman–Crippen LogP) is 2.38. The summed E-state index contributed by atoms with van der Waals surface area (Å²) < 4.78 is 29.4. The smallest absolute Gasteiger partial charge is 0.282 e. The topological polar surface area (TPSA) is 60.9 Å². The van der Waals surface area contributed by atoms with E-state index in [-0.39, 0.29) is 6.54 Å². The zero-order valence-corrected chi connectivity index (χ0v) is 15.2. The molecule has 0 bridgehead atoms. The van der Waals surface area contributed by atoms with Gasteiger partial charge in [0.25, 0.3) is 10.2 Å². The van der Waals surface area contributed by atoms with Gasteiger partial charge in [0.2, 0.25) is 0 Å². The van der Waals surface area contributed by atoms with Crippen LogP contribution in [0, 0.1) is 5.92 Å². The van der Waals surface area contributed by atoms with Crippen LogP contribution in [0.3, 0.4) is 0 Å². The van der Waals surface area contributed by atoms with Gasteiger partial charge >= 0.3 is 0 Å². The van der Waals surface area contributed by atoms with Gasteiger partial charge in [-0.1, -0.05) is 50.1 Å². The molecule has 0 aromatic heterocycles. The van der Waals surface area contributed by atoms with Crippen molar-refractivity contribution in [3.05, 3.63) is 35.9 Å². The van der Waals surface area contributed by atoms with E-state index in [9.17, 15) is 13.5 Å². The molecule has 0 amide bonds. The highest BCUT2D eigenvalue weighted by molar-refractivity contribution is 7.86. The summed E-state index contributed by atoms with van der Waals surface area (Å²) in [5.41, 5.74) is 0.0719. The molecule has 0 spiro atoms. The van der Waals surface area contributed by atoms with Gasteiger partial charge in [-0.15, -0.1) is 0 Å². The van der Waals surface area contributed by atoms with Crippen LogP contribution in [0.1, 0.15) is 44.6 Å². The van der Waals surface area contributed by atoms with Gasteiger partial charge in [-0.25, -0.2) is 0 Å². The van der Waals surface area contributed by atoms with Crippen molar-refractivity contribution in [1.82, 2.24) is 8.61 Å². The van der Waals surface area contributed by atoms with Gasteiger partial charge in [0.05, 0.1) is 5.60 Å². The second-order valence-electron chi connectivity index (χ2n) is 7.44. The van der Waals surface area contributed by atoms with Gasteiger partial charge in [-0.05, 0) is 30.7 Å². The van der Waals surface area contributed by atoms with Crippen molar-refractivity contribution in [3.8, 4) is 0 Å².